The molecule has 0 amide bonds. The molecule has 1 aromatic carbocycles. The number of benzene rings is 1. The fourth-order valence-electron chi connectivity index (χ4n) is 2.38. The molecule has 2 rings (SSSR count). The van der Waals surface area contributed by atoms with Gasteiger partial charge in [-0.15, -0.1) is 0 Å². The van der Waals surface area contributed by atoms with Gasteiger partial charge in [0.25, 0.3) is 5.69 Å². The van der Waals surface area contributed by atoms with Gasteiger partial charge in [-0.05, 0) is 31.4 Å². The molecular formula is C12H17N3O5S. The lowest BCUT2D eigenvalue weighted by Gasteiger charge is -2.38. The van der Waals surface area contributed by atoms with Crippen LogP contribution >= 0.6 is 0 Å². The molecule has 1 fully saturated rings. The Balaban J connectivity index is 2.48. The lowest BCUT2D eigenvalue weighted by Crippen LogP contribution is -2.42. The number of aliphatic hydroxyl groups is 1. The smallest absolute Gasteiger partial charge is 0.293 e. The Labute approximate surface area is 122 Å². The topological polar surface area (TPSA) is 127 Å². The summed E-state index contributed by atoms with van der Waals surface area (Å²) in [5.41, 5.74) is -0.00646. The third-order valence-electron chi connectivity index (χ3n) is 3.64. The molecule has 0 radical (unpaired) electrons. The average molecular weight is 315 g/mol. The summed E-state index contributed by atoms with van der Waals surface area (Å²) in [6.45, 7) is 0.130. The van der Waals surface area contributed by atoms with Crippen LogP contribution in [0.4, 0.5) is 11.4 Å². The standard InChI is InChI=1S/C12H17N3O5S/c13-21(19,20)10-4-5-11(12(8-10)15(17)18)14(6-7-16)9-2-1-3-9/h4-5,8-9,16H,1-3,6-7H2,(H2,13,19,20). The number of hydrogen-bond acceptors (Lipinski definition) is 6. The van der Waals surface area contributed by atoms with Gasteiger partial charge in [-0.25, -0.2) is 13.6 Å². The van der Waals surface area contributed by atoms with Crippen molar-refractivity contribution >= 4 is 21.4 Å². The molecule has 1 aromatic rings. The monoisotopic (exact) mass is 315 g/mol. The van der Waals surface area contributed by atoms with Crippen molar-refractivity contribution in [2.75, 3.05) is 18.1 Å². The largest absolute Gasteiger partial charge is 0.395 e. The van der Waals surface area contributed by atoms with E-state index in [4.69, 9.17) is 10.2 Å². The number of nitro benzene ring substituents is 1. The van der Waals surface area contributed by atoms with Crippen LogP contribution in [0.25, 0.3) is 0 Å². The summed E-state index contributed by atoms with van der Waals surface area (Å²) in [6, 6.07) is 3.73. The van der Waals surface area contributed by atoms with E-state index in [1.54, 1.807) is 4.90 Å². The van der Waals surface area contributed by atoms with Crippen LogP contribution < -0.4 is 10.0 Å². The van der Waals surface area contributed by atoms with Gasteiger partial charge in [0.2, 0.25) is 10.0 Å². The van der Waals surface area contributed by atoms with Gasteiger partial charge in [0, 0.05) is 18.7 Å². The molecule has 21 heavy (non-hydrogen) atoms. The van der Waals surface area contributed by atoms with Crippen LogP contribution in [-0.4, -0.2) is 37.6 Å². The summed E-state index contributed by atoms with van der Waals surface area (Å²) in [5, 5.41) is 25.4. The van der Waals surface area contributed by atoms with E-state index in [2.05, 4.69) is 0 Å². The summed E-state index contributed by atoms with van der Waals surface area (Å²) >= 11 is 0. The van der Waals surface area contributed by atoms with E-state index < -0.39 is 14.9 Å². The molecule has 0 atom stereocenters. The molecule has 0 saturated heterocycles. The molecule has 9 heteroatoms. The molecule has 0 heterocycles. The van der Waals surface area contributed by atoms with E-state index in [-0.39, 0.29) is 29.8 Å². The third-order valence-corrected chi connectivity index (χ3v) is 4.55. The number of hydrogen-bond donors (Lipinski definition) is 2. The number of nitro groups is 1. The third kappa shape index (κ3) is 3.31. The normalized spacial score (nSPS) is 15.5. The first-order valence-corrected chi connectivity index (χ1v) is 8.08. The van der Waals surface area contributed by atoms with Crippen LogP contribution in [0.1, 0.15) is 19.3 Å². The number of anilines is 1. The molecular weight excluding hydrogens is 298 g/mol. The number of nitrogens with two attached hydrogens (primary N) is 1. The molecule has 116 valence electrons. The zero-order chi connectivity index (χ0) is 15.6. The highest BCUT2D eigenvalue weighted by molar-refractivity contribution is 7.89. The van der Waals surface area contributed by atoms with Gasteiger partial charge in [0.05, 0.1) is 16.4 Å². The predicted octanol–water partition coefficient (Wildman–Crippen LogP) is 0.593. The highest BCUT2D eigenvalue weighted by atomic mass is 32.2. The van der Waals surface area contributed by atoms with Crippen molar-refractivity contribution in [3.05, 3.63) is 28.3 Å². The molecule has 1 saturated carbocycles. The minimum absolute atomic E-state index is 0.134. The predicted molar refractivity (Wildman–Crippen MR) is 76.5 cm³/mol. The maximum atomic E-state index is 11.3. The van der Waals surface area contributed by atoms with Crippen molar-refractivity contribution in [3.63, 3.8) is 0 Å². The Hall–Kier alpha value is -1.71. The highest BCUT2D eigenvalue weighted by Crippen LogP contribution is 2.36. The van der Waals surface area contributed by atoms with Gasteiger partial charge >= 0.3 is 0 Å². The Kier molecular flexibility index (Phi) is 4.45. The van der Waals surface area contributed by atoms with Crippen molar-refractivity contribution < 1.29 is 18.4 Å². The van der Waals surface area contributed by atoms with Crippen molar-refractivity contribution in [3.8, 4) is 0 Å². The zero-order valence-corrected chi connectivity index (χ0v) is 12.1. The molecule has 0 aromatic heterocycles. The highest BCUT2D eigenvalue weighted by Gasteiger charge is 2.30. The van der Waals surface area contributed by atoms with Crippen LogP contribution in [0.3, 0.4) is 0 Å². The van der Waals surface area contributed by atoms with Crippen molar-refractivity contribution in [2.24, 2.45) is 5.14 Å². The molecule has 1 aliphatic carbocycles. The fraction of sp³-hybridized carbons (Fsp3) is 0.500. The van der Waals surface area contributed by atoms with Crippen LogP contribution in [0.5, 0.6) is 0 Å². The van der Waals surface area contributed by atoms with Crippen LogP contribution in [0, 0.1) is 10.1 Å². The first kappa shape index (κ1) is 15.7. The second-order valence-corrected chi connectivity index (χ2v) is 6.52. The molecule has 8 nitrogen and oxygen atoms in total. The lowest BCUT2D eigenvalue weighted by molar-refractivity contribution is -0.384. The zero-order valence-electron chi connectivity index (χ0n) is 11.3. The first-order valence-electron chi connectivity index (χ1n) is 6.53. The van der Waals surface area contributed by atoms with Gasteiger partial charge in [-0.1, -0.05) is 0 Å². The Morgan fingerprint density at radius 2 is 2.10 bits per heavy atom. The van der Waals surface area contributed by atoms with Crippen LogP contribution in [0.2, 0.25) is 0 Å². The second-order valence-electron chi connectivity index (χ2n) is 4.95. The molecule has 0 unspecified atom stereocenters. The molecule has 1 aliphatic rings. The van der Waals surface area contributed by atoms with E-state index >= 15 is 0 Å². The van der Waals surface area contributed by atoms with Gasteiger partial charge < -0.3 is 10.0 Å². The number of aliphatic hydroxyl groups excluding tert-OH is 1. The average Bonchev–Trinajstić information content (AvgIpc) is 2.34. The minimum atomic E-state index is -4.00. The van der Waals surface area contributed by atoms with Crippen molar-refractivity contribution in [2.45, 2.75) is 30.2 Å². The molecule has 0 bridgehead atoms. The maximum Gasteiger partial charge on any atom is 0.293 e. The summed E-state index contributed by atoms with van der Waals surface area (Å²) in [7, 11) is -4.00. The summed E-state index contributed by atoms with van der Waals surface area (Å²) in [6.07, 6.45) is 2.83. The minimum Gasteiger partial charge on any atom is -0.395 e. The Morgan fingerprint density at radius 3 is 2.52 bits per heavy atom. The summed E-state index contributed by atoms with van der Waals surface area (Å²) < 4.78 is 22.6. The van der Waals surface area contributed by atoms with Crippen LogP contribution in [-0.2, 0) is 10.0 Å². The Bertz CT molecular complexity index is 642. The number of nitrogens with zero attached hydrogens (tertiary/aromatic N) is 2. The van der Waals surface area contributed by atoms with Crippen LogP contribution in [0.15, 0.2) is 23.1 Å². The summed E-state index contributed by atoms with van der Waals surface area (Å²) in [5.74, 6) is 0. The van der Waals surface area contributed by atoms with E-state index in [0.717, 1.165) is 25.3 Å². The van der Waals surface area contributed by atoms with Crippen molar-refractivity contribution in [1.82, 2.24) is 0 Å². The van der Waals surface area contributed by atoms with Gasteiger partial charge in [0.1, 0.15) is 5.69 Å². The molecule has 0 aliphatic heterocycles. The van der Waals surface area contributed by atoms with Gasteiger partial charge in [-0.2, -0.15) is 0 Å². The number of primary sulfonamides is 1. The quantitative estimate of drug-likeness (QED) is 0.584. The molecule has 0 spiro atoms. The number of rotatable bonds is 6. The Morgan fingerprint density at radius 1 is 1.43 bits per heavy atom. The maximum absolute atomic E-state index is 11.3. The SMILES string of the molecule is NS(=O)(=O)c1ccc(N(CCO)C2CCC2)c([N+](=O)[O-])c1. The fourth-order valence-corrected chi connectivity index (χ4v) is 2.91. The second kappa shape index (κ2) is 5.96. The first-order chi connectivity index (χ1) is 9.84. The van der Waals surface area contributed by atoms with E-state index in [1.807, 2.05) is 0 Å². The van der Waals surface area contributed by atoms with E-state index in [0.29, 0.717) is 5.69 Å². The van der Waals surface area contributed by atoms with Crippen molar-refractivity contribution in [1.29, 1.82) is 0 Å². The number of sulfonamides is 1. The van der Waals surface area contributed by atoms with E-state index in [9.17, 15) is 18.5 Å². The van der Waals surface area contributed by atoms with E-state index in [1.165, 1.54) is 12.1 Å². The lowest BCUT2D eigenvalue weighted by atomic mass is 9.91. The van der Waals surface area contributed by atoms with Gasteiger partial charge in [-0.3, -0.25) is 10.1 Å². The van der Waals surface area contributed by atoms with Gasteiger partial charge in [0.15, 0.2) is 0 Å². The molecule has 3 N–H and O–H groups in total. The summed E-state index contributed by atoms with van der Waals surface area (Å²) in [4.78, 5) is 12.1.